The first kappa shape index (κ1) is 19.3. The predicted molar refractivity (Wildman–Crippen MR) is 93.6 cm³/mol. The number of rotatable bonds is 3. The van der Waals surface area contributed by atoms with Crippen molar-refractivity contribution in [1.29, 1.82) is 0 Å². The zero-order chi connectivity index (χ0) is 20.6. The second kappa shape index (κ2) is 6.91. The number of ether oxygens (including phenoxy) is 1. The van der Waals surface area contributed by atoms with Crippen molar-refractivity contribution in [3.8, 4) is 5.69 Å². The normalized spacial score (nSPS) is 11.5. The molecule has 0 saturated heterocycles. The van der Waals surface area contributed by atoms with Crippen molar-refractivity contribution in [2.45, 2.75) is 13.1 Å². The molecule has 0 bridgehead atoms. The number of aromatic nitrogens is 4. The van der Waals surface area contributed by atoms with Gasteiger partial charge in [-0.1, -0.05) is 0 Å². The number of pyridine rings is 2. The second-order valence-electron chi connectivity index (χ2n) is 5.68. The van der Waals surface area contributed by atoms with Crippen molar-refractivity contribution in [2.24, 2.45) is 0 Å². The minimum atomic E-state index is -4.86. The molecule has 0 aromatic carbocycles. The fourth-order valence-electron chi connectivity index (χ4n) is 2.75. The maximum atomic E-state index is 13.4. The summed E-state index contributed by atoms with van der Waals surface area (Å²) in [6.45, 7) is 1.58. The summed E-state index contributed by atoms with van der Waals surface area (Å²) in [6.07, 6.45) is -3.39. The van der Waals surface area contributed by atoms with Gasteiger partial charge in [0.1, 0.15) is 11.5 Å². The number of aryl methyl sites for hydroxylation is 1. The molecule has 8 nitrogen and oxygen atoms in total. The van der Waals surface area contributed by atoms with Gasteiger partial charge in [0.2, 0.25) is 0 Å². The first-order valence-electron chi connectivity index (χ1n) is 7.92. The average Bonchev–Trinajstić information content (AvgIpc) is 2.66. The summed E-state index contributed by atoms with van der Waals surface area (Å²) in [4.78, 5) is 36.4. The van der Waals surface area contributed by atoms with E-state index in [9.17, 15) is 22.8 Å². The Bertz CT molecular complexity index is 1140. The number of anilines is 1. The Morgan fingerprint density at radius 2 is 2.00 bits per heavy atom. The van der Waals surface area contributed by atoms with Crippen LogP contribution in [-0.2, 0) is 10.9 Å². The van der Waals surface area contributed by atoms with E-state index in [1.165, 1.54) is 25.4 Å². The van der Waals surface area contributed by atoms with E-state index >= 15 is 0 Å². The van der Waals surface area contributed by atoms with Gasteiger partial charge in [0, 0.05) is 13.2 Å². The Labute approximate surface area is 156 Å². The lowest BCUT2D eigenvalue weighted by Crippen LogP contribution is -2.26. The molecule has 1 N–H and O–H groups in total. The SMILES string of the molecule is CNc1nc(=O)n(-c2cccnc2C)c2nc(C(F)(F)F)cc(C(=O)OC)c12. The molecule has 0 spiro atoms. The minimum absolute atomic E-state index is 0.0785. The van der Waals surface area contributed by atoms with Crippen molar-refractivity contribution < 1.29 is 22.7 Å². The third-order valence-electron chi connectivity index (χ3n) is 4.00. The Hall–Kier alpha value is -3.50. The summed E-state index contributed by atoms with van der Waals surface area (Å²) in [6, 6.07) is 3.58. The van der Waals surface area contributed by atoms with E-state index in [0.29, 0.717) is 11.8 Å². The lowest BCUT2D eigenvalue weighted by atomic mass is 10.1. The maximum Gasteiger partial charge on any atom is 0.433 e. The summed E-state index contributed by atoms with van der Waals surface area (Å²) < 4.78 is 45.8. The Morgan fingerprint density at radius 1 is 1.29 bits per heavy atom. The summed E-state index contributed by atoms with van der Waals surface area (Å²) in [7, 11) is 2.45. The third kappa shape index (κ3) is 3.15. The van der Waals surface area contributed by atoms with Crippen molar-refractivity contribution >= 4 is 22.8 Å². The first-order valence-corrected chi connectivity index (χ1v) is 7.92. The molecule has 3 rings (SSSR count). The van der Waals surface area contributed by atoms with Crippen LogP contribution in [0.2, 0.25) is 0 Å². The molecule has 3 aromatic heterocycles. The molecule has 146 valence electrons. The largest absolute Gasteiger partial charge is 0.465 e. The number of hydrogen-bond donors (Lipinski definition) is 1. The fourth-order valence-corrected chi connectivity index (χ4v) is 2.75. The van der Waals surface area contributed by atoms with Crippen LogP contribution in [0.25, 0.3) is 16.7 Å². The van der Waals surface area contributed by atoms with Crippen molar-refractivity contribution in [3.63, 3.8) is 0 Å². The topological polar surface area (TPSA) is 99.0 Å². The third-order valence-corrected chi connectivity index (χ3v) is 4.00. The van der Waals surface area contributed by atoms with Gasteiger partial charge < -0.3 is 10.1 Å². The van der Waals surface area contributed by atoms with Gasteiger partial charge in [-0.25, -0.2) is 19.1 Å². The van der Waals surface area contributed by atoms with Crippen LogP contribution < -0.4 is 11.0 Å². The van der Waals surface area contributed by atoms with E-state index in [1.807, 2.05) is 0 Å². The van der Waals surface area contributed by atoms with Gasteiger partial charge in [-0.2, -0.15) is 18.2 Å². The number of hydrogen-bond acceptors (Lipinski definition) is 7. The lowest BCUT2D eigenvalue weighted by Gasteiger charge is -2.17. The van der Waals surface area contributed by atoms with Crippen LogP contribution in [0, 0.1) is 6.92 Å². The molecule has 0 radical (unpaired) electrons. The molecule has 0 aliphatic carbocycles. The van der Waals surface area contributed by atoms with Crippen LogP contribution in [0.15, 0.2) is 29.2 Å². The molecular weight excluding hydrogens is 379 g/mol. The second-order valence-corrected chi connectivity index (χ2v) is 5.68. The average molecular weight is 393 g/mol. The Morgan fingerprint density at radius 3 is 2.57 bits per heavy atom. The monoisotopic (exact) mass is 393 g/mol. The number of fused-ring (bicyclic) bond motifs is 1. The van der Waals surface area contributed by atoms with Crippen molar-refractivity contribution in [2.75, 3.05) is 19.5 Å². The van der Waals surface area contributed by atoms with Gasteiger partial charge in [-0.05, 0) is 25.1 Å². The lowest BCUT2D eigenvalue weighted by molar-refractivity contribution is -0.141. The number of nitrogens with one attached hydrogen (secondary N) is 1. The van der Waals surface area contributed by atoms with E-state index in [4.69, 9.17) is 0 Å². The summed E-state index contributed by atoms with van der Waals surface area (Å²) >= 11 is 0. The first-order chi connectivity index (χ1) is 13.2. The quantitative estimate of drug-likeness (QED) is 0.682. The van der Waals surface area contributed by atoms with E-state index in [1.54, 1.807) is 6.92 Å². The molecule has 0 fully saturated rings. The van der Waals surface area contributed by atoms with Gasteiger partial charge >= 0.3 is 17.8 Å². The smallest absolute Gasteiger partial charge is 0.433 e. The number of carbonyl (C=O) groups excluding carboxylic acids is 1. The summed E-state index contributed by atoms with van der Waals surface area (Å²) in [5.41, 5.74) is -2.49. The molecule has 0 aliphatic rings. The van der Waals surface area contributed by atoms with Crippen LogP contribution in [0.5, 0.6) is 0 Å². The molecular formula is C17H14F3N5O3. The van der Waals surface area contributed by atoms with Crippen LogP contribution in [0.1, 0.15) is 21.7 Å². The molecule has 0 saturated carbocycles. The zero-order valence-corrected chi connectivity index (χ0v) is 15.0. The summed E-state index contributed by atoms with van der Waals surface area (Å²) in [5, 5.41) is 2.53. The predicted octanol–water partition coefficient (Wildman–Crippen LogP) is 2.33. The van der Waals surface area contributed by atoms with E-state index in [2.05, 4.69) is 25.0 Å². The molecule has 3 heterocycles. The minimum Gasteiger partial charge on any atom is -0.465 e. The van der Waals surface area contributed by atoms with Gasteiger partial charge in [0.05, 0.1) is 29.4 Å². The zero-order valence-electron chi connectivity index (χ0n) is 15.0. The van der Waals surface area contributed by atoms with Gasteiger partial charge in [0.15, 0.2) is 5.65 Å². The molecule has 11 heteroatoms. The highest BCUT2D eigenvalue weighted by Crippen LogP contribution is 2.33. The Kier molecular flexibility index (Phi) is 4.75. The molecule has 0 aliphatic heterocycles. The number of nitrogens with zero attached hydrogens (tertiary/aromatic N) is 4. The van der Waals surface area contributed by atoms with E-state index in [-0.39, 0.29) is 16.9 Å². The van der Waals surface area contributed by atoms with Crippen LogP contribution >= 0.6 is 0 Å². The van der Waals surface area contributed by atoms with Gasteiger partial charge in [-0.15, -0.1) is 0 Å². The number of halogens is 3. The molecule has 3 aromatic rings. The highest BCUT2D eigenvalue weighted by atomic mass is 19.4. The standard InChI is InChI=1S/C17H14F3N5O3/c1-8-10(5-4-6-22-8)25-14-12(13(21-2)24-16(25)27)9(15(26)28-3)7-11(23-14)17(18,19)20/h4-7H,1-3H3,(H,21,24,27). The van der Waals surface area contributed by atoms with Crippen molar-refractivity contribution in [3.05, 3.63) is 51.8 Å². The number of alkyl halides is 3. The number of esters is 1. The van der Waals surface area contributed by atoms with Crippen LogP contribution in [0.4, 0.5) is 19.0 Å². The highest BCUT2D eigenvalue weighted by Gasteiger charge is 2.35. The van der Waals surface area contributed by atoms with Crippen LogP contribution in [-0.4, -0.2) is 39.6 Å². The van der Waals surface area contributed by atoms with Gasteiger partial charge in [0.25, 0.3) is 0 Å². The fraction of sp³-hybridized carbons (Fsp3) is 0.235. The van der Waals surface area contributed by atoms with Crippen LogP contribution in [0.3, 0.4) is 0 Å². The number of carbonyl (C=O) groups is 1. The van der Waals surface area contributed by atoms with E-state index in [0.717, 1.165) is 11.7 Å². The van der Waals surface area contributed by atoms with E-state index < -0.39 is 34.7 Å². The molecule has 0 amide bonds. The molecule has 0 atom stereocenters. The Balaban J connectivity index is 2.59. The van der Waals surface area contributed by atoms with Gasteiger partial charge in [-0.3, -0.25) is 4.98 Å². The molecule has 28 heavy (non-hydrogen) atoms. The highest BCUT2D eigenvalue weighted by molar-refractivity contribution is 6.07. The maximum absolute atomic E-state index is 13.4. The molecule has 0 unspecified atom stereocenters. The number of methoxy groups -OCH3 is 1. The van der Waals surface area contributed by atoms with Crippen molar-refractivity contribution in [1.82, 2.24) is 19.5 Å². The summed E-state index contributed by atoms with van der Waals surface area (Å²) in [5.74, 6) is -1.12.